The molecule has 0 fully saturated rings. The van der Waals surface area contributed by atoms with Crippen molar-refractivity contribution >= 4 is 0 Å². The smallest absolute Gasteiger partial charge is 0.165 e. The first-order valence-corrected chi connectivity index (χ1v) is 5.37. The lowest BCUT2D eigenvalue weighted by atomic mass is 10.2. The molecular formula is C12H18FNO2. The first-order chi connectivity index (χ1) is 7.65. The van der Waals surface area contributed by atoms with Crippen LogP contribution in [0.15, 0.2) is 18.2 Å². The number of hydrogen-bond donors (Lipinski definition) is 1. The summed E-state index contributed by atoms with van der Waals surface area (Å²) >= 11 is 0. The summed E-state index contributed by atoms with van der Waals surface area (Å²) in [5, 5.41) is 0. The summed E-state index contributed by atoms with van der Waals surface area (Å²) in [5.41, 5.74) is 6.16. The predicted octanol–water partition coefficient (Wildman–Crippen LogP) is 2.09. The zero-order valence-electron chi connectivity index (χ0n) is 9.70. The van der Waals surface area contributed by atoms with Gasteiger partial charge in [-0.15, -0.1) is 0 Å². The van der Waals surface area contributed by atoms with Crippen LogP contribution in [0.1, 0.15) is 19.4 Å². The van der Waals surface area contributed by atoms with Gasteiger partial charge < -0.3 is 15.2 Å². The van der Waals surface area contributed by atoms with Crippen molar-refractivity contribution in [3.05, 3.63) is 29.6 Å². The van der Waals surface area contributed by atoms with E-state index in [4.69, 9.17) is 15.2 Å². The SMILES string of the molecule is CC(C)OCCOc1c(F)cccc1CN. The van der Waals surface area contributed by atoms with Crippen molar-refractivity contribution in [3.63, 3.8) is 0 Å². The fourth-order valence-corrected chi connectivity index (χ4v) is 1.30. The topological polar surface area (TPSA) is 44.5 Å². The Bertz CT molecular complexity index is 329. The summed E-state index contributed by atoms with van der Waals surface area (Å²) in [4.78, 5) is 0. The highest BCUT2D eigenvalue weighted by Gasteiger charge is 2.08. The second-order valence-corrected chi connectivity index (χ2v) is 3.70. The monoisotopic (exact) mass is 227 g/mol. The lowest BCUT2D eigenvalue weighted by Crippen LogP contribution is -2.13. The van der Waals surface area contributed by atoms with Crippen LogP contribution in [0.3, 0.4) is 0 Å². The van der Waals surface area contributed by atoms with E-state index in [1.54, 1.807) is 12.1 Å². The van der Waals surface area contributed by atoms with E-state index in [1.807, 2.05) is 13.8 Å². The van der Waals surface area contributed by atoms with E-state index in [-0.39, 0.29) is 24.2 Å². The molecule has 3 nitrogen and oxygen atoms in total. The molecule has 0 aliphatic carbocycles. The van der Waals surface area contributed by atoms with Gasteiger partial charge in [-0.2, -0.15) is 0 Å². The van der Waals surface area contributed by atoms with Crippen LogP contribution < -0.4 is 10.5 Å². The highest BCUT2D eigenvalue weighted by Crippen LogP contribution is 2.21. The maximum absolute atomic E-state index is 13.4. The Morgan fingerprint density at radius 2 is 2.06 bits per heavy atom. The maximum atomic E-state index is 13.4. The highest BCUT2D eigenvalue weighted by atomic mass is 19.1. The Hall–Kier alpha value is -1.13. The Kier molecular flexibility index (Phi) is 5.22. The molecule has 0 saturated heterocycles. The minimum absolute atomic E-state index is 0.151. The zero-order valence-corrected chi connectivity index (χ0v) is 9.70. The number of rotatable bonds is 6. The molecule has 0 spiro atoms. The van der Waals surface area contributed by atoms with Crippen molar-refractivity contribution in [2.24, 2.45) is 5.73 Å². The second-order valence-electron chi connectivity index (χ2n) is 3.70. The molecule has 0 saturated carbocycles. The average Bonchev–Trinajstić information content (AvgIpc) is 2.25. The number of halogens is 1. The number of benzene rings is 1. The molecule has 0 unspecified atom stereocenters. The van der Waals surface area contributed by atoms with Crippen LogP contribution in [0, 0.1) is 5.82 Å². The minimum atomic E-state index is -0.382. The third-order valence-corrected chi connectivity index (χ3v) is 2.05. The average molecular weight is 227 g/mol. The Labute approximate surface area is 95.4 Å². The van der Waals surface area contributed by atoms with Crippen molar-refractivity contribution < 1.29 is 13.9 Å². The zero-order chi connectivity index (χ0) is 12.0. The molecule has 2 N–H and O–H groups in total. The first-order valence-electron chi connectivity index (χ1n) is 5.37. The molecule has 0 heterocycles. The first kappa shape index (κ1) is 12.9. The molecule has 0 aliphatic heterocycles. The fourth-order valence-electron chi connectivity index (χ4n) is 1.30. The van der Waals surface area contributed by atoms with Gasteiger partial charge in [0.2, 0.25) is 0 Å². The van der Waals surface area contributed by atoms with Gasteiger partial charge in [0.25, 0.3) is 0 Å². The van der Waals surface area contributed by atoms with Crippen molar-refractivity contribution in [3.8, 4) is 5.75 Å². The lowest BCUT2D eigenvalue weighted by Gasteiger charge is -2.12. The second kappa shape index (κ2) is 6.45. The molecule has 0 aromatic heterocycles. The normalized spacial score (nSPS) is 10.8. The molecule has 90 valence electrons. The molecule has 0 radical (unpaired) electrons. The standard InChI is InChI=1S/C12H18FNO2/c1-9(2)15-6-7-16-12-10(8-14)4-3-5-11(12)13/h3-5,9H,6-8,14H2,1-2H3. The van der Waals surface area contributed by atoms with Crippen molar-refractivity contribution in [2.75, 3.05) is 13.2 Å². The summed E-state index contributed by atoms with van der Waals surface area (Å²) in [6.45, 7) is 4.91. The summed E-state index contributed by atoms with van der Waals surface area (Å²) in [5.74, 6) is -0.148. The number of para-hydroxylation sites is 1. The summed E-state index contributed by atoms with van der Waals surface area (Å²) in [6.07, 6.45) is 0.151. The van der Waals surface area contributed by atoms with Crippen LogP contribution in [0.25, 0.3) is 0 Å². The summed E-state index contributed by atoms with van der Waals surface area (Å²) in [6, 6.07) is 4.73. The Balaban J connectivity index is 2.52. The summed E-state index contributed by atoms with van der Waals surface area (Å²) in [7, 11) is 0. The van der Waals surface area contributed by atoms with Crippen LogP contribution in [0.2, 0.25) is 0 Å². The van der Waals surface area contributed by atoms with E-state index in [0.717, 1.165) is 0 Å². The van der Waals surface area contributed by atoms with Gasteiger partial charge in [-0.05, 0) is 19.9 Å². The summed E-state index contributed by atoms with van der Waals surface area (Å²) < 4.78 is 24.0. The van der Waals surface area contributed by atoms with E-state index in [2.05, 4.69) is 0 Å². The molecule has 4 heteroatoms. The molecule has 1 aromatic carbocycles. The molecule has 0 atom stereocenters. The van der Waals surface area contributed by atoms with Gasteiger partial charge in [-0.3, -0.25) is 0 Å². The van der Waals surface area contributed by atoms with Crippen LogP contribution in [-0.4, -0.2) is 19.3 Å². The number of ether oxygens (including phenoxy) is 2. The van der Waals surface area contributed by atoms with Crippen LogP contribution in [0.4, 0.5) is 4.39 Å². The lowest BCUT2D eigenvalue weighted by molar-refractivity contribution is 0.0542. The molecule has 0 amide bonds. The minimum Gasteiger partial charge on any atom is -0.488 e. The van der Waals surface area contributed by atoms with E-state index >= 15 is 0 Å². The Morgan fingerprint density at radius 1 is 1.31 bits per heavy atom. The largest absolute Gasteiger partial charge is 0.488 e. The maximum Gasteiger partial charge on any atom is 0.165 e. The van der Waals surface area contributed by atoms with Gasteiger partial charge in [-0.25, -0.2) is 4.39 Å². The molecule has 16 heavy (non-hydrogen) atoms. The van der Waals surface area contributed by atoms with Crippen molar-refractivity contribution in [2.45, 2.75) is 26.5 Å². The number of nitrogens with two attached hydrogens (primary N) is 1. The van der Waals surface area contributed by atoms with E-state index in [1.165, 1.54) is 6.07 Å². The van der Waals surface area contributed by atoms with E-state index < -0.39 is 0 Å². The van der Waals surface area contributed by atoms with Gasteiger partial charge in [0.1, 0.15) is 6.61 Å². The molecule has 1 aromatic rings. The molecular weight excluding hydrogens is 209 g/mol. The van der Waals surface area contributed by atoms with Crippen molar-refractivity contribution in [1.29, 1.82) is 0 Å². The van der Waals surface area contributed by atoms with Crippen LogP contribution >= 0.6 is 0 Å². The van der Waals surface area contributed by atoms with Gasteiger partial charge in [0.05, 0.1) is 12.7 Å². The van der Waals surface area contributed by atoms with Gasteiger partial charge in [0.15, 0.2) is 11.6 Å². The van der Waals surface area contributed by atoms with Crippen molar-refractivity contribution in [1.82, 2.24) is 0 Å². The third-order valence-electron chi connectivity index (χ3n) is 2.05. The van der Waals surface area contributed by atoms with Crippen LogP contribution in [0.5, 0.6) is 5.75 Å². The fraction of sp³-hybridized carbons (Fsp3) is 0.500. The van der Waals surface area contributed by atoms with Gasteiger partial charge >= 0.3 is 0 Å². The van der Waals surface area contributed by atoms with E-state index in [0.29, 0.717) is 18.8 Å². The van der Waals surface area contributed by atoms with Gasteiger partial charge in [-0.1, -0.05) is 12.1 Å². The number of hydrogen-bond acceptors (Lipinski definition) is 3. The Morgan fingerprint density at radius 3 is 2.69 bits per heavy atom. The van der Waals surface area contributed by atoms with E-state index in [9.17, 15) is 4.39 Å². The molecule has 1 rings (SSSR count). The highest BCUT2D eigenvalue weighted by molar-refractivity contribution is 5.34. The quantitative estimate of drug-likeness (QED) is 0.757. The third kappa shape index (κ3) is 3.79. The predicted molar refractivity (Wildman–Crippen MR) is 60.9 cm³/mol. The van der Waals surface area contributed by atoms with Crippen LogP contribution in [-0.2, 0) is 11.3 Å². The van der Waals surface area contributed by atoms with Gasteiger partial charge in [0, 0.05) is 12.1 Å². The molecule has 0 bridgehead atoms. The molecule has 0 aliphatic rings.